The van der Waals surface area contributed by atoms with Crippen LogP contribution in [-0.2, 0) is 9.47 Å². The second-order valence-corrected chi connectivity index (χ2v) is 10.7. The largest absolute Gasteiger partial charge is 0.368 e. The Morgan fingerprint density at radius 1 is 1.15 bits per heavy atom. The number of fused-ring (bicyclic) bond motifs is 1. The third kappa shape index (κ3) is 5.80. The van der Waals surface area contributed by atoms with Gasteiger partial charge in [-0.2, -0.15) is 15.0 Å². The van der Waals surface area contributed by atoms with Crippen LogP contribution in [0.15, 0.2) is 37.2 Å². The number of hydrogen-bond acceptors (Lipinski definition) is 10. The maximum Gasteiger partial charge on any atom is 0.167 e. The third-order valence-electron chi connectivity index (χ3n) is 7.87. The second kappa shape index (κ2) is 12.1. The van der Waals surface area contributed by atoms with Crippen molar-refractivity contribution < 1.29 is 9.47 Å². The molecule has 1 unspecified atom stereocenters. The molecule has 6 rings (SSSR count). The van der Waals surface area contributed by atoms with Gasteiger partial charge in [0, 0.05) is 31.4 Å². The van der Waals surface area contributed by atoms with Gasteiger partial charge in [0.2, 0.25) is 0 Å². The van der Waals surface area contributed by atoms with Crippen molar-refractivity contribution in [3.8, 4) is 17.6 Å². The quantitative estimate of drug-likeness (QED) is 0.325. The summed E-state index contributed by atoms with van der Waals surface area (Å²) in [7, 11) is 0. The lowest BCUT2D eigenvalue weighted by atomic mass is 9.79. The molecular weight excluding hydrogens is 508 g/mol. The van der Waals surface area contributed by atoms with Crippen LogP contribution in [0.3, 0.4) is 0 Å². The highest BCUT2D eigenvalue weighted by molar-refractivity contribution is 5.75. The fourth-order valence-electron chi connectivity index (χ4n) is 5.60. The van der Waals surface area contributed by atoms with Crippen molar-refractivity contribution in [3.63, 3.8) is 0 Å². The number of aromatic nitrogens is 8. The Balaban J connectivity index is 1.13. The number of nitrogens with zero attached hydrogens (tertiary/aromatic N) is 9. The molecule has 208 valence electrons. The molecular formula is C28H34N10O2. The number of ether oxygens (including phenoxy) is 2. The summed E-state index contributed by atoms with van der Waals surface area (Å²) in [5.41, 5.74) is 3.07. The molecule has 0 radical (unpaired) electrons. The zero-order chi connectivity index (χ0) is 27.3. The predicted molar refractivity (Wildman–Crippen MR) is 147 cm³/mol. The molecule has 4 aromatic heterocycles. The van der Waals surface area contributed by atoms with Crippen molar-refractivity contribution in [2.45, 2.75) is 76.5 Å². The Bertz CT molecular complexity index is 1460. The first kappa shape index (κ1) is 26.3. The summed E-state index contributed by atoms with van der Waals surface area (Å²) in [6.45, 7) is 3.40. The number of anilines is 1. The molecule has 0 aromatic carbocycles. The highest BCUT2D eigenvalue weighted by Gasteiger charge is 2.25. The number of nitriles is 1. The molecule has 2 atom stereocenters. The van der Waals surface area contributed by atoms with Crippen molar-refractivity contribution in [3.05, 3.63) is 42.9 Å². The maximum absolute atomic E-state index is 9.46. The third-order valence-corrected chi connectivity index (χ3v) is 7.87. The van der Waals surface area contributed by atoms with Crippen molar-refractivity contribution in [1.82, 2.24) is 39.7 Å². The monoisotopic (exact) mass is 542 g/mol. The van der Waals surface area contributed by atoms with E-state index in [1.165, 1.54) is 12.7 Å². The molecule has 12 heteroatoms. The Labute approximate surface area is 232 Å². The first-order valence-corrected chi connectivity index (χ1v) is 14.1. The van der Waals surface area contributed by atoms with Crippen LogP contribution in [-0.4, -0.2) is 65.3 Å². The number of rotatable bonds is 9. The normalized spacial score (nSPS) is 22.1. The van der Waals surface area contributed by atoms with E-state index in [-0.39, 0.29) is 6.29 Å². The van der Waals surface area contributed by atoms with Gasteiger partial charge in [0.05, 0.1) is 41.4 Å². The Morgan fingerprint density at radius 2 is 2.05 bits per heavy atom. The second-order valence-electron chi connectivity index (χ2n) is 10.7. The Kier molecular flexibility index (Phi) is 7.92. The van der Waals surface area contributed by atoms with Crippen LogP contribution in [0.2, 0.25) is 0 Å². The molecule has 0 amide bonds. The summed E-state index contributed by atoms with van der Waals surface area (Å²) in [4.78, 5) is 13.0. The van der Waals surface area contributed by atoms with Crippen LogP contribution in [0.25, 0.3) is 22.5 Å². The summed E-state index contributed by atoms with van der Waals surface area (Å²) in [5, 5.41) is 26.9. The van der Waals surface area contributed by atoms with Crippen LogP contribution < -0.4 is 5.32 Å². The van der Waals surface area contributed by atoms with Gasteiger partial charge in [0.15, 0.2) is 17.8 Å². The molecule has 0 bridgehead atoms. The van der Waals surface area contributed by atoms with Crippen LogP contribution >= 0.6 is 0 Å². The minimum absolute atomic E-state index is 0.00734. The molecule has 1 aliphatic heterocycles. The molecule has 5 heterocycles. The van der Waals surface area contributed by atoms with Crippen LogP contribution in [0.5, 0.6) is 0 Å². The summed E-state index contributed by atoms with van der Waals surface area (Å²) >= 11 is 0. The maximum atomic E-state index is 9.46. The molecule has 1 saturated carbocycles. The topological polar surface area (TPSA) is 141 Å². The van der Waals surface area contributed by atoms with Gasteiger partial charge >= 0.3 is 0 Å². The smallest absolute Gasteiger partial charge is 0.167 e. The minimum Gasteiger partial charge on any atom is -0.368 e. The van der Waals surface area contributed by atoms with E-state index in [1.54, 1.807) is 34.9 Å². The van der Waals surface area contributed by atoms with E-state index in [1.807, 2.05) is 12.3 Å². The van der Waals surface area contributed by atoms with Gasteiger partial charge < -0.3 is 14.8 Å². The average Bonchev–Trinajstić information content (AvgIpc) is 3.66. The van der Waals surface area contributed by atoms with Crippen molar-refractivity contribution in [1.29, 1.82) is 5.26 Å². The van der Waals surface area contributed by atoms with E-state index in [2.05, 4.69) is 41.7 Å². The predicted octanol–water partition coefficient (Wildman–Crippen LogP) is 4.32. The fraction of sp³-hybridized carbons (Fsp3) is 0.536. The SMILES string of the molecule is C[C@H](C#N)Nc1cc(-n2ncc3cncnc32)ncc1-n1cc(C2CCC(CCOC3CCCCO3)CC2)nn1. The van der Waals surface area contributed by atoms with Gasteiger partial charge in [-0.15, -0.1) is 5.10 Å². The van der Waals surface area contributed by atoms with Crippen LogP contribution in [0.4, 0.5) is 5.69 Å². The molecule has 40 heavy (non-hydrogen) atoms. The van der Waals surface area contributed by atoms with E-state index < -0.39 is 6.04 Å². The van der Waals surface area contributed by atoms with Gasteiger partial charge in [-0.1, -0.05) is 5.21 Å². The zero-order valence-corrected chi connectivity index (χ0v) is 22.7. The van der Waals surface area contributed by atoms with Crippen LogP contribution in [0.1, 0.15) is 69.9 Å². The lowest BCUT2D eigenvalue weighted by Crippen LogP contribution is -2.24. The highest BCUT2D eigenvalue weighted by atomic mass is 16.7. The van der Waals surface area contributed by atoms with E-state index in [0.717, 1.165) is 69.2 Å². The first-order chi connectivity index (χ1) is 19.7. The van der Waals surface area contributed by atoms with Crippen molar-refractivity contribution in [2.75, 3.05) is 18.5 Å². The molecule has 12 nitrogen and oxygen atoms in total. The van der Waals surface area contributed by atoms with E-state index >= 15 is 0 Å². The molecule has 0 spiro atoms. The minimum atomic E-state index is -0.419. The summed E-state index contributed by atoms with van der Waals surface area (Å²) in [6.07, 6.45) is 17.5. The lowest BCUT2D eigenvalue weighted by molar-refractivity contribution is -0.164. The van der Waals surface area contributed by atoms with Crippen molar-refractivity contribution in [2.24, 2.45) is 5.92 Å². The summed E-state index contributed by atoms with van der Waals surface area (Å²) < 4.78 is 15.0. The summed E-state index contributed by atoms with van der Waals surface area (Å²) in [5.74, 6) is 1.63. The van der Waals surface area contributed by atoms with Gasteiger partial charge in [-0.25, -0.2) is 19.6 Å². The van der Waals surface area contributed by atoms with Gasteiger partial charge in [-0.3, -0.25) is 0 Å². The molecule has 1 aliphatic carbocycles. The van der Waals surface area contributed by atoms with E-state index in [4.69, 9.17) is 9.47 Å². The molecule has 2 fully saturated rings. The Morgan fingerprint density at radius 3 is 2.88 bits per heavy atom. The van der Waals surface area contributed by atoms with Crippen molar-refractivity contribution >= 4 is 16.7 Å². The Hall–Kier alpha value is -3.95. The van der Waals surface area contributed by atoms with Gasteiger partial charge in [-0.05, 0) is 64.2 Å². The highest BCUT2D eigenvalue weighted by Crippen LogP contribution is 2.37. The van der Waals surface area contributed by atoms with Gasteiger partial charge in [0.1, 0.15) is 18.1 Å². The zero-order valence-electron chi connectivity index (χ0n) is 22.7. The molecule has 1 saturated heterocycles. The number of nitrogens with one attached hydrogen (secondary N) is 1. The molecule has 4 aromatic rings. The average molecular weight is 543 g/mol. The number of hydrogen-bond donors (Lipinski definition) is 1. The first-order valence-electron chi connectivity index (χ1n) is 14.1. The molecule has 2 aliphatic rings. The van der Waals surface area contributed by atoms with E-state index in [9.17, 15) is 5.26 Å². The van der Waals surface area contributed by atoms with Gasteiger partial charge in [0.25, 0.3) is 0 Å². The lowest BCUT2D eigenvalue weighted by Gasteiger charge is -2.28. The van der Waals surface area contributed by atoms with Crippen LogP contribution in [0, 0.1) is 17.2 Å². The fourth-order valence-corrected chi connectivity index (χ4v) is 5.60. The number of pyridine rings is 1. The van der Waals surface area contributed by atoms with E-state index in [0.29, 0.717) is 34.7 Å². The summed E-state index contributed by atoms with van der Waals surface area (Å²) in [6, 6.07) is 3.67. The molecule has 1 N–H and O–H groups in total. The standard InChI is InChI=1S/C28H34N10O2/c1-19(13-29)34-23-12-26(38-28-22(15-33-38)14-30-18-32-28)31-16-25(23)37-17-24(35-36-37)21-7-5-20(6-8-21)9-11-40-27-4-2-3-10-39-27/h12,14-21,27H,2-11H2,1H3,(H,31,34)/t19-,20?,21?,27?/m1/s1.